The Balaban J connectivity index is 2.12. The Bertz CT molecular complexity index is 561. The molecule has 28 heavy (non-hydrogen) atoms. The maximum atomic E-state index is 12.0. The molecule has 2 atom stereocenters. The molecule has 158 valence electrons. The second-order valence-electron chi connectivity index (χ2n) is 9.20. The first kappa shape index (κ1) is 24.5. The van der Waals surface area contributed by atoms with Gasteiger partial charge in [-0.25, -0.2) is 0 Å². The van der Waals surface area contributed by atoms with E-state index in [0.717, 1.165) is 29.9 Å². The largest absolute Gasteiger partial charge is 0.323 e. The minimum atomic E-state index is -0.0248. The van der Waals surface area contributed by atoms with Crippen LogP contribution in [-0.2, 0) is 4.79 Å². The van der Waals surface area contributed by atoms with Crippen LogP contribution in [0.3, 0.4) is 0 Å². The average molecular weight is 386 g/mol. The van der Waals surface area contributed by atoms with Gasteiger partial charge in [0.05, 0.1) is 0 Å². The zero-order chi connectivity index (χ0) is 20.8. The molecule has 0 aliphatic rings. The molecule has 0 radical (unpaired) electrons. The molecule has 1 rings (SSSR count). The lowest BCUT2D eigenvalue weighted by Gasteiger charge is -2.15. The molecule has 0 bridgehead atoms. The third kappa shape index (κ3) is 12.8. The lowest BCUT2D eigenvalue weighted by atomic mass is 9.91. The van der Waals surface area contributed by atoms with Gasteiger partial charge in [-0.3, -0.25) is 4.79 Å². The van der Waals surface area contributed by atoms with Crippen LogP contribution in [0.25, 0.3) is 0 Å². The third-order valence-electron chi connectivity index (χ3n) is 5.56. The summed E-state index contributed by atoms with van der Waals surface area (Å²) in [6, 6.07) is 9.63. The lowest BCUT2D eigenvalue weighted by Crippen LogP contribution is -2.08. The number of allylic oxidation sites excluding steroid dienone is 1. The molecule has 0 spiro atoms. The zero-order valence-corrected chi connectivity index (χ0v) is 19.0. The van der Waals surface area contributed by atoms with Crippen molar-refractivity contribution >= 4 is 11.6 Å². The normalized spacial score (nSPS) is 14.1. The van der Waals surface area contributed by atoms with E-state index < -0.39 is 0 Å². The summed E-state index contributed by atoms with van der Waals surface area (Å²) in [6.45, 7) is 11.5. The first-order valence-electron chi connectivity index (χ1n) is 11.4. The summed E-state index contributed by atoms with van der Waals surface area (Å²) in [4.78, 5) is 12.0. The van der Waals surface area contributed by atoms with Crippen molar-refractivity contribution in [2.24, 2.45) is 17.8 Å². The number of carbonyl (C=O) groups excluding carboxylic acids is 1. The number of rotatable bonds is 14. The molecule has 0 aliphatic heterocycles. The topological polar surface area (TPSA) is 29.1 Å². The second-order valence-corrected chi connectivity index (χ2v) is 9.20. The molecule has 2 heteroatoms. The van der Waals surface area contributed by atoms with Crippen molar-refractivity contribution < 1.29 is 4.79 Å². The van der Waals surface area contributed by atoms with Gasteiger partial charge in [-0.15, -0.1) is 0 Å². The molecule has 0 aliphatic carbocycles. The van der Waals surface area contributed by atoms with E-state index in [1.54, 1.807) is 6.08 Å². The van der Waals surface area contributed by atoms with E-state index in [1.807, 2.05) is 30.3 Å². The van der Waals surface area contributed by atoms with Crippen molar-refractivity contribution in [1.29, 1.82) is 0 Å². The molecule has 0 aromatic heterocycles. The molecular formula is C26H43NO. The van der Waals surface area contributed by atoms with Crippen molar-refractivity contribution in [3.05, 3.63) is 42.0 Å². The summed E-state index contributed by atoms with van der Waals surface area (Å²) < 4.78 is 0. The standard InChI is InChI=1S/C26H43NO/c1-21(2)12-9-13-22(3)14-10-15-23(4)16-11-17-24(5)20-26(28)27-25-18-7-6-8-19-25/h6-8,18-23H,9-17H2,1-5H3,(H,27,28)/b24-20+. The van der Waals surface area contributed by atoms with E-state index in [9.17, 15) is 4.79 Å². The number of carbonyl (C=O) groups is 1. The Morgan fingerprint density at radius 2 is 1.39 bits per heavy atom. The number of hydrogen-bond acceptors (Lipinski definition) is 1. The molecule has 2 nitrogen and oxygen atoms in total. The molecule has 0 fully saturated rings. The zero-order valence-electron chi connectivity index (χ0n) is 19.0. The number of para-hydroxylation sites is 1. The van der Waals surface area contributed by atoms with Crippen molar-refractivity contribution in [2.75, 3.05) is 5.32 Å². The predicted octanol–water partition coefficient (Wildman–Crippen LogP) is 8.01. The van der Waals surface area contributed by atoms with Crippen LogP contribution in [0.5, 0.6) is 0 Å². The molecule has 1 amide bonds. The summed E-state index contributed by atoms with van der Waals surface area (Å²) in [6.07, 6.45) is 13.4. The minimum Gasteiger partial charge on any atom is -0.323 e. The summed E-state index contributed by atoms with van der Waals surface area (Å²) in [5.41, 5.74) is 2.02. The monoisotopic (exact) mass is 385 g/mol. The van der Waals surface area contributed by atoms with Crippen LogP contribution in [0, 0.1) is 17.8 Å². The van der Waals surface area contributed by atoms with E-state index in [-0.39, 0.29) is 5.91 Å². The molecule has 1 aromatic carbocycles. The highest BCUT2D eigenvalue weighted by Gasteiger charge is 2.07. The molecular weight excluding hydrogens is 342 g/mol. The highest BCUT2D eigenvalue weighted by molar-refractivity contribution is 5.99. The Labute approximate surface area is 174 Å². The smallest absolute Gasteiger partial charge is 0.248 e. The van der Waals surface area contributed by atoms with Crippen molar-refractivity contribution in [3.63, 3.8) is 0 Å². The SMILES string of the molecule is C/C(=C\C(=O)Nc1ccccc1)CCCC(C)CCCC(C)CCCC(C)C. The quantitative estimate of drug-likeness (QED) is 0.323. The predicted molar refractivity (Wildman–Crippen MR) is 124 cm³/mol. The molecule has 0 saturated heterocycles. The summed E-state index contributed by atoms with van der Waals surface area (Å²) in [5, 5.41) is 2.92. The van der Waals surface area contributed by atoms with Crippen LogP contribution in [0.4, 0.5) is 5.69 Å². The maximum absolute atomic E-state index is 12.0. The Morgan fingerprint density at radius 3 is 1.96 bits per heavy atom. The first-order valence-corrected chi connectivity index (χ1v) is 11.4. The van der Waals surface area contributed by atoms with Gasteiger partial charge in [0.2, 0.25) is 5.91 Å². The van der Waals surface area contributed by atoms with Crippen molar-refractivity contribution in [2.45, 2.75) is 92.4 Å². The Hall–Kier alpha value is -1.57. The van der Waals surface area contributed by atoms with Crippen molar-refractivity contribution in [3.8, 4) is 0 Å². The third-order valence-corrected chi connectivity index (χ3v) is 5.56. The highest BCUT2D eigenvalue weighted by Crippen LogP contribution is 2.22. The van der Waals surface area contributed by atoms with Gasteiger partial charge in [0.25, 0.3) is 0 Å². The van der Waals surface area contributed by atoms with Gasteiger partial charge >= 0.3 is 0 Å². The van der Waals surface area contributed by atoms with Gasteiger partial charge in [0.1, 0.15) is 0 Å². The van der Waals surface area contributed by atoms with E-state index in [4.69, 9.17) is 0 Å². The Kier molecular flexibility index (Phi) is 12.6. The van der Waals surface area contributed by atoms with Crippen LogP contribution in [0.2, 0.25) is 0 Å². The fourth-order valence-corrected chi connectivity index (χ4v) is 3.70. The van der Waals surface area contributed by atoms with Crippen LogP contribution in [0.1, 0.15) is 92.4 Å². The number of nitrogens with one attached hydrogen (secondary N) is 1. The van der Waals surface area contributed by atoms with Crippen molar-refractivity contribution in [1.82, 2.24) is 0 Å². The van der Waals surface area contributed by atoms with Gasteiger partial charge < -0.3 is 5.32 Å². The number of hydrogen-bond donors (Lipinski definition) is 1. The van der Waals surface area contributed by atoms with Crippen LogP contribution in [0.15, 0.2) is 42.0 Å². The summed E-state index contributed by atoms with van der Waals surface area (Å²) in [7, 11) is 0. The molecule has 2 unspecified atom stereocenters. The fraction of sp³-hybridized carbons (Fsp3) is 0.654. The number of benzene rings is 1. The average Bonchev–Trinajstić information content (AvgIpc) is 2.62. The highest BCUT2D eigenvalue weighted by atomic mass is 16.1. The molecule has 1 N–H and O–H groups in total. The van der Waals surface area contributed by atoms with Crippen LogP contribution >= 0.6 is 0 Å². The van der Waals surface area contributed by atoms with Gasteiger partial charge in [0, 0.05) is 11.8 Å². The second kappa shape index (κ2) is 14.4. The van der Waals surface area contributed by atoms with Crippen LogP contribution in [-0.4, -0.2) is 5.91 Å². The maximum Gasteiger partial charge on any atom is 0.248 e. The van der Waals surface area contributed by atoms with Gasteiger partial charge in [-0.2, -0.15) is 0 Å². The van der Waals surface area contributed by atoms with Gasteiger partial charge in [0.15, 0.2) is 0 Å². The van der Waals surface area contributed by atoms with E-state index in [2.05, 4.69) is 39.9 Å². The summed E-state index contributed by atoms with van der Waals surface area (Å²) >= 11 is 0. The molecule has 1 aromatic rings. The Morgan fingerprint density at radius 1 is 0.857 bits per heavy atom. The fourth-order valence-electron chi connectivity index (χ4n) is 3.70. The summed E-state index contributed by atoms with van der Waals surface area (Å²) in [5.74, 6) is 2.48. The molecule has 0 saturated carbocycles. The van der Waals surface area contributed by atoms with E-state index >= 15 is 0 Å². The molecule has 0 heterocycles. The first-order chi connectivity index (χ1) is 13.4. The lowest BCUT2D eigenvalue weighted by molar-refractivity contribution is -0.112. The number of anilines is 1. The van der Waals surface area contributed by atoms with E-state index in [1.165, 1.54) is 56.9 Å². The minimum absolute atomic E-state index is 0.0248. The van der Waals surface area contributed by atoms with E-state index in [0.29, 0.717) is 0 Å². The number of amides is 1. The van der Waals surface area contributed by atoms with Crippen LogP contribution < -0.4 is 5.32 Å². The van der Waals surface area contributed by atoms with Gasteiger partial charge in [-0.1, -0.05) is 96.4 Å². The van der Waals surface area contributed by atoms with Gasteiger partial charge in [-0.05, 0) is 49.7 Å².